The van der Waals surface area contributed by atoms with Crippen LogP contribution in [0.2, 0.25) is 0 Å². The lowest BCUT2D eigenvalue weighted by atomic mass is 10.2. The van der Waals surface area contributed by atoms with Gasteiger partial charge in [-0.3, -0.25) is 4.79 Å². The standard InChI is InChI=1S/C6H7N3O/c1-4(10)5-2-8-3-9-6(5)7/h2-3H,1H3,(H2,7,8,9). The zero-order chi connectivity index (χ0) is 7.56. The van der Waals surface area contributed by atoms with E-state index in [2.05, 4.69) is 9.97 Å². The van der Waals surface area contributed by atoms with Gasteiger partial charge in [0.1, 0.15) is 12.1 Å². The Morgan fingerprint density at radius 3 is 2.80 bits per heavy atom. The Morgan fingerprint density at radius 2 is 2.40 bits per heavy atom. The van der Waals surface area contributed by atoms with Gasteiger partial charge in [-0.05, 0) is 6.92 Å². The molecule has 1 aromatic heterocycles. The van der Waals surface area contributed by atoms with Crippen LogP contribution in [0.4, 0.5) is 5.82 Å². The second-order valence-corrected chi connectivity index (χ2v) is 1.88. The minimum atomic E-state index is -0.113. The van der Waals surface area contributed by atoms with Crippen LogP contribution in [-0.2, 0) is 0 Å². The first-order valence-corrected chi connectivity index (χ1v) is 2.78. The van der Waals surface area contributed by atoms with Gasteiger partial charge in [0.05, 0.1) is 5.56 Å². The second kappa shape index (κ2) is 2.43. The predicted molar refractivity (Wildman–Crippen MR) is 36.4 cm³/mol. The number of nitrogen functional groups attached to an aromatic ring is 1. The van der Waals surface area contributed by atoms with Crippen LogP contribution in [-0.4, -0.2) is 15.8 Å². The van der Waals surface area contributed by atoms with Crippen LogP contribution in [0.1, 0.15) is 17.3 Å². The Kier molecular flexibility index (Phi) is 1.62. The average Bonchev–Trinajstić information content (AvgIpc) is 1.88. The molecule has 1 aromatic rings. The number of aromatic nitrogens is 2. The third-order valence-corrected chi connectivity index (χ3v) is 1.12. The lowest BCUT2D eigenvalue weighted by Gasteiger charge is -1.95. The highest BCUT2D eigenvalue weighted by molar-refractivity contribution is 5.97. The molecule has 0 fully saturated rings. The quantitative estimate of drug-likeness (QED) is 0.564. The molecule has 0 saturated carbocycles. The summed E-state index contributed by atoms with van der Waals surface area (Å²) in [4.78, 5) is 18.0. The van der Waals surface area contributed by atoms with E-state index < -0.39 is 0 Å². The van der Waals surface area contributed by atoms with E-state index in [1.165, 1.54) is 19.4 Å². The minimum absolute atomic E-state index is 0.113. The summed E-state index contributed by atoms with van der Waals surface area (Å²) in [5.74, 6) is 0.126. The van der Waals surface area contributed by atoms with Crippen molar-refractivity contribution in [2.45, 2.75) is 6.92 Å². The Balaban J connectivity index is 3.15. The van der Waals surface area contributed by atoms with Crippen LogP contribution in [0.3, 0.4) is 0 Å². The maximum Gasteiger partial charge on any atom is 0.165 e. The van der Waals surface area contributed by atoms with Crippen LogP contribution in [0.15, 0.2) is 12.5 Å². The van der Waals surface area contributed by atoms with Crippen LogP contribution < -0.4 is 5.73 Å². The number of carbonyl (C=O) groups excluding carboxylic acids is 1. The number of nitrogens with zero attached hydrogens (tertiary/aromatic N) is 2. The van der Waals surface area contributed by atoms with Crippen molar-refractivity contribution in [3.63, 3.8) is 0 Å². The van der Waals surface area contributed by atoms with E-state index in [-0.39, 0.29) is 11.6 Å². The zero-order valence-corrected chi connectivity index (χ0v) is 5.53. The van der Waals surface area contributed by atoms with E-state index in [0.717, 1.165) is 0 Å². The highest BCUT2D eigenvalue weighted by Crippen LogP contribution is 2.04. The average molecular weight is 137 g/mol. The summed E-state index contributed by atoms with van der Waals surface area (Å²) in [7, 11) is 0. The normalized spacial score (nSPS) is 9.30. The highest BCUT2D eigenvalue weighted by Gasteiger charge is 2.03. The molecule has 0 atom stereocenters. The van der Waals surface area contributed by atoms with E-state index in [4.69, 9.17) is 5.73 Å². The van der Waals surface area contributed by atoms with E-state index in [1.807, 2.05) is 0 Å². The summed E-state index contributed by atoms with van der Waals surface area (Å²) in [6.45, 7) is 1.43. The molecule has 0 radical (unpaired) electrons. The van der Waals surface area contributed by atoms with Gasteiger partial charge in [-0.1, -0.05) is 0 Å². The van der Waals surface area contributed by atoms with Gasteiger partial charge in [-0.15, -0.1) is 0 Å². The smallest absolute Gasteiger partial charge is 0.165 e. The van der Waals surface area contributed by atoms with Crippen LogP contribution in [0.25, 0.3) is 0 Å². The first kappa shape index (κ1) is 6.67. The van der Waals surface area contributed by atoms with E-state index in [0.29, 0.717) is 5.56 Å². The molecule has 0 aliphatic rings. The van der Waals surface area contributed by atoms with Gasteiger partial charge < -0.3 is 5.73 Å². The molecule has 0 spiro atoms. The molecule has 0 bridgehead atoms. The van der Waals surface area contributed by atoms with Crippen molar-refractivity contribution in [1.29, 1.82) is 0 Å². The fraction of sp³-hybridized carbons (Fsp3) is 0.167. The summed E-state index contributed by atoms with van der Waals surface area (Å²) < 4.78 is 0. The number of carbonyl (C=O) groups is 1. The Morgan fingerprint density at radius 1 is 1.70 bits per heavy atom. The number of rotatable bonds is 1. The number of hydrogen-bond donors (Lipinski definition) is 1. The van der Waals surface area contributed by atoms with E-state index in [1.54, 1.807) is 0 Å². The van der Waals surface area contributed by atoms with Gasteiger partial charge in [0, 0.05) is 6.20 Å². The lowest BCUT2D eigenvalue weighted by molar-refractivity contribution is 0.101. The minimum Gasteiger partial charge on any atom is -0.383 e. The van der Waals surface area contributed by atoms with Crippen LogP contribution >= 0.6 is 0 Å². The zero-order valence-electron chi connectivity index (χ0n) is 5.53. The molecule has 1 heterocycles. The SMILES string of the molecule is CC(=O)c1cncnc1N. The summed E-state index contributed by atoms with van der Waals surface area (Å²) in [6, 6.07) is 0. The van der Waals surface area contributed by atoms with Crippen molar-refractivity contribution in [1.82, 2.24) is 9.97 Å². The topological polar surface area (TPSA) is 68.9 Å². The number of anilines is 1. The first-order valence-electron chi connectivity index (χ1n) is 2.78. The molecule has 0 saturated heterocycles. The second-order valence-electron chi connectivity index (χ2n) is 1.88. The molecule has 4 nitrogen and oxygen atoms in total. The third-order valence-electron chi connectivity index (χ3n) is 1.12. The van der Waals surface area contributed by atoms with Crippen LogP contribution in [0, 0.1) is 0 Å². The van der Waals surface area contributed by atoms with E-state index >= 15 is 0 Å². The Hall–Kier alpha value is -1.45. The van der Waals surface area contributed by atoms with Gasteiger partial charge in [-0.25, -0.2) is 9.97 Å². The molecular formula is C6H7N3O. The van der Waals surface area contributed by atoms with Gasteiger partial charge in [0.15, 0.2) is 5.78 Å². The van der Waals surface area contributed by atoms with Crippen molar-refractivity contribution < 1.29 is 4.79 Å². The van der Waals surface area contributed by atoms with Crippen molar-refractivity contribution in [3.05, 3.63) is 18.1 Å². The molecular weight excluding hydrogens is 130 g/mol. The van der Waals surface area contributed by atoms with Crippen LogP contribution in [0.5, 0.6) is 0 Å². The Bertz CT molecular complexity index is 259. The number of ketones is 1. The third kappa shape index (κ3) is 1.10. The summed E-state index contributed by atoms with van der Waals surface area (Å²) >= 11 is 0. The molecule has 2 N–H and O–H groups in total. The number of hydrogen-bond acceptors (Lipinski definition) is 4. The van der Waals surface area contributed by atoms with Gasteiger partial charge in [0.2, 0.25) is 0 Å². The molecule has 10 heavy (non-hydrogen) atoms. The molecule has 52 valence electrons. The maximum absolute atomic E-state index is 10.7. The van der Waals surface area contributed by atoms with Crippen molar-refractivity contribution in [2.24, 2.45) is 0 Å². The highest BCUT2D eigenvalue weighted by atomic mass is 16.1. The van der Waals surface area contributed by atoms with Crippen molar-refractivity contribution in [3.8, 4) is 0 Å². The lowest BCUT2D eigenvalue weighted by Crippen LogP contribution is -2.02. The molecule has 0 aromatic carbocycles. The fourth-order valence-electron chi connectivity index (χ4n) is 0.610. The molecule has 1 rings (SSSR count). The van der Waals surface area contributed by atoms with Crippen molar-refractivity contribution >= 4 is 11.6 Å². The molecule has 0 amide bonds. The van der Waals surface area contributed by atoms with Gasteiger partial charge in [-0.2, -0.15) is 0 Å². The molecule has 4 heteroatoms. The van der Waals surface area contributed by atoms with E-state index in [9.17, 15) is 4.79 Å². The number of Topliss-reactive ketones (excluding diaryl/α,β-unsaturated/α-hetero) is 1. The summed E-state index contributed by atoms with van der Waals surface area (Å²) in [5, 5.41) is 0. The van der Waals surface area contributed by atoms with Gasteiger partial charge >= 0.3 is 0 Å². The monoisotopic (exact) mass is 137 g/mol. The fourth-order valence-corrected chi connectivity index (χ4v) is 0.610. The Labute approximate surface area is 58.1 Å². The first-order chi connectivity index (χ1) is 4.72. The molecule has 0 aliphatic carbocycles. The largest absolute Gasteiger partial charge is 0.383 e. The number of nitrogens with two attached hydrogens (primary N) is 1. The molecule has 0 aliphatic heterocycles. The predicted octanol–water partition coefficient (Wildman–Crippen LogP) is 0.261. The van der Waals surface area contributed by atoms with Crippen molar-refractivity contribution in [2.75, 3.05) is 5.73 Å². The molecule has 0 unspecified atom stereocenters. The van der Waals surface area contributed by atoms with Gasteiger partial charge in [0.25, 0.3) is 0 Å². The summed E-state index contributed by atoms with van der Waals surface area (Å²) in [6.07, 6.45) is 2.71. The maximum atomic E-state index is 10.7. The summed E-state index contributed by atoms with van der Waals surface area (Å²) in [5.41, 5.74) is 5.73.